The molecule has 0 bridgehead atoms. The Labute approximate surface area is 105 Å². The van der Waals surface area contributed by atoms with Gasteiger partial charge in [-0.05, 0) is 24.0 Å². The Morgan fingerprint density at radius 2 is 1.92 bits per heavy atom. The second-order valence-corrected chi connectivity index (χ2v) is 3.77. The molecule has 0 atom stereocenters. The van der Waals surface area contributed by atoms with E-state index in [0.29, 0.717) is 11.5 Å². The summed E-state index contributed by atoms with van der Waals surface area (Å²) in [6, 6.07) is 7.61. The molecule has 1 aromatic carbocycles. The number of hydrogen-bond acceptors (Lipinski definition) is 2. The normalized spacial score (nSPS) is 9.08. The average molecular weight is 328 g/mol. The predicted octanol–water partition coefficient (Wildman–Crippen LogP) is 3.84. The first-order valence-electron chi connectivity index (χ1n) is 3.58. The standard InChI is InChI=1S/C9H10ClNS.HI/c1-12-9(11)6-7-2-4-8(10)5-3-7;/h2-5,11H,6H2,1H3;1H. The number of benzene rings is 1. The zero-order valence-electron chi connectivity index (χ0n) is 7.21. The van der Waals surface area contributed by atoms with Crippen molar-refractivity contribution in [2.75, 3.05) is 6.26 Å². The smallest absolute Gasteiger partial charge is 0.0682 e. The Kier molecular flexibility index (Phi) is 6.81. The number of nitrogens with one attached hydrogen (secondary N) is 1. The second kappa shape index (κ2) is 6.68. The van der Waals surface area contributed by atoms with E-state index < -0.39 is 0 Å². The Bertz CT molecular complexity index is 273. The Hall–Kier alpha value is 0.260. The molecule has 4 heteroatoms. The first-order chi connectivity index (χ1) is 5.72. The lowest BCUT2D eigenvalue weighted by Crippen LogP contribution is -1.94. The Morgan fingerprint density at radius 1 is 1.38 bits per heavy atom. The lowest BCUT2D eigenvalue weighted by Gasteiger charge is -2.00. The van der Waals surface area contributed by atoms with E-state index in [1.54, 1.807) is 0 Å². The molecule has 0 aliphatic heterocycles. The third-order valence-electron chi connectivity index (χ3n) is 1.52. The fourth-order valence-corrected chi connectivity index (χ4v) is 1.30. The van der Waals surface area contributed by atoms with E-state index in [1.165, 1.54) is 11.8 Å². The van der Waals surface area contributed by atoms with Gasteiger partial charge in [-0.25, -0.2) is 0 Å². The molecule has 13 heavy (non-hydrogen) atoms. The molecule has 0 saturated carbocycles. The van der Waals surface area contributed by atoms with Gasteiger partial charge in [-0.15, -0.1) is 35.7 Å². The predicted molar refractivity (Wildman–Crippen MR) is 71.8 cm³/mol. The monoisotopic (exact) mass is 327 g/mol. The Balaban J connectivity index is 0.00000144. The zero-order valence-corrected chi connectivity index (χ0v) is 11.1. The number of thioether (sulfide) groups is 1. The summed E-state index contributed by atoms with van der Waals surface area (Å²) in [6.07, 6.45) is 2.62. The lowest BCUT2D eigenvalue weighted by atomic mass is 10.2. The summed E-state index contributed by atoms with van der Waals surface area (Å²) < 4.78 is 0. The minimum atomic E-state index is 0. The largest absolute Gasteiger partial charge is 0.298 e. The molecule has 1 aromatic rings. The first kappa shape index (κ1) is 13.3. The van der Waals surface area contributed by atoms with Crippen molar-refractivity contribution in [2.45, 2.75) is 6.42 Å². The van der Waals surface area contributed by atoms with E-state index in [2.05, 4.69) is 0 Å². The number of rotatable bonds is 2. The average Bonchev–Trinajstić information content (AvgIpc) is 2.09. The van der Waals surface area contributed by atoms with Crippen molar-refractivity contribution in [1.82, 2.24) is 0 Å². The summed E-state index contributed by atoms with van der Waals surface area (Å²) in [5.41, 5.74) is 1.14. The fourth-order valence-electron chi connectivity index (χ4n) is 0.860. The fraction of sp³-hybridized carbons (Fsp3) is 0.222. The second-order valence-electron chi connectivity index (χ2n) is 2.43. The molecule has 1 nitrogen and oxygen atoms in total. The molecule has 0 heterocycles. The van der Waals surface area contributed by atoms with Gasteiger partial charge < -0.3 is 0 Å². The molecule has 0 saturated heterocycles. The summed E-state index contributed by atoms with van der Waals surface area (Å²) in [4.78, 5) is 0. The molecule has 1 rings (SSSR count). The highest BCUT2D eigenvalue weighted by atomic mass is 127. The highest BCUT2D eigenvalue weighted by Crippen LogP contribution is 2.11. The van der Waals surface area contributed by atoms with Gasteiger partial charge in [-0.2, -0.15) is 0 Å². The van der Waals surface area contributed by atoms with E-state index >= 15 is 0 Å². The van der Waals surface area contributed by atoms with Gasteiger partial charge in [0.1, 0.15) is 0 Å². The first-order valence-corrected chi connectivity index (χ1v) is 5.18. The van der Waals surface area contributed by atoms with Crippen LogP contribution in [0.25, 0.3) is 0 Å². The van der Waals surface area contributed by atoms with Crippen molar-refractivity contribution in [3.63, 3.8) is 0 Å². The summed E-state index contributed by atoms with van der Waals surface area (Å²) in [7, 11) is 0. The van der Waals surface area contributed by atoms with Crippen LogP contribution < -0.4 is 0 Å². The van der Waals surface area contributed by atoms with Gasteiger partial charge >= 0.3 is 0 Å². The van der Waals surface area contributed by atoms with Crippen molar-refractivity contribution in [1.29, 1.82) is 5.41 Å². The maximum atomic E-state index is 7.46. The topological polar surface area (TPSA) is 23.9 Å². The molecule has 0 amide bonds. The van der Waals surface area contributed by atoms with Gasteiger partial charge in [-0.1, -0.05) is 23.7 Å². The summed E-state index contributed by atoms with van der Waals surface area (Å²) in [6.45, 7) is 0. The van der Waals surface area contributed by atoms with Crippen LogP contribution in [0.1, 0.15) is 5.56 Å². The van der Waals surface area contributed by atoms with E-state index in [9.17, 15) is 0 Å². The van der Waals surface area contributed by atoms with Gasteiger partial charge in [0.05, 0.1) is 5.04 Å². The minimum Gasteiger partial charge on any atom is -0.298 e. The van der Waals surface area contributed by atoms with E-state index in [-0.39, 0.29) is 24.0 Å². The number of halogens is 2. The van der Waals surface area contributed by atoms with Crippen molar-refractivity contribution >= 4 is 52.4 Å². The molecular formula is C9H11ClINS. The van der Waals surface area contributed by atoms with Gasteiger partial charge in [0.2, 0.25) is 0 Å². The number of hydrogen-bond donors (Lipinski definition) is 1. The van der Waals surface area contributed by atoms with Crippen molar-refractivity contribution < 1.29 is 0 Å². The zero-order chi connectivity index (χ0) is 8.97. The van der Waals surface area contributed by atoms with E-state index in [0.717, 1.165) is 10.6 Å². The molecule has 0 radical (unpaired) electrons. The summed E-state index contributed by atoms with van der Waals surface area (Å²) >= 11 is 7.20. The van der Waals surface area contributed by atoms with Crippen LogP contribution in [0.3, 0.4) is 0 Å². The van der Waals surface area contributed by atoms with Crippen molar-refractivity contribution in [3.05, 3.63) is 34.9 Å². The van der Waals surface area contributed by atoms with Gasteiger partial charge in [0.25, 0.3) is 0 Å². The molecule has 0 fully saturated rings. The maximum absolute atomic E-state index is 7.46. The van der Waals surface area contributed by atoms with Crippen LogP contribution in [0.4, 0.5) is 0 Å². The summed E-state index contributed by atoms with van der Waals surface area (Å²) in [5.74, 6) is 0. The van der Waals surface area contributed by atoms with E-state index in [4.69, 9.17) is 17.0 Å². The van der Waals surface area contributed by atoms with Crippen LogP contribution >= 0.6 is 47.3 Å². The van der Waals surface area contributed by atoms with Crippen LogP contribution in [0, 0.1) is 5.41 Å². The van der Waals surface area contributed by atoms with Crippen LogP contribution in [0.15, 0.2) is 24.3 Å². The van der Waals surface area contributed by atoms with Gasteiger partial charge in [0.15, 0.2) is 0 Å². The molecular weight excluding hydrogens is 317 g/mol. The van der Waals surface area contributed by atoms with Gasteiger partial charge in [-0.3, -0.25) is 5.41 Å². The van der Waals surface area contributed by atoms with Crippen LogP contribution in [-0.2, 0) is 6.42 Å². The SMILES string of the molecule is CSC(=N)Cc1ccc(Cl)cc1.I. The van der Waals surface area contributed by atoms with Gasteiger partial charge in [0, 0.05) is 11.4 Å². The Morgan fingerprint density at radius 3 is 2.38 bits per heavy atom. The van der Waals surface area contributed by atoms with E-state index in [1.807, 2.05) is 30.5 Å². The molecule has 1 N–H and O–H groups in total. The molecule has 72 valence electrons. The minimum absolute atomic E-state index is 0. The molecule has 0 aliphatic rings. The highest BCUT2D eigenvalue weighted by Gasteiger charge is 1.96. The third kappa shape index (κ3) is 4.88. The summed E-state index contributed by atoms with van der Waals surface area (Å²) in [5, 5.41) is 8.88. The molecule has 0 unspecified atom stereocenters. The maximum Gasteiger partial charge on any atom is 0.0682 e. The molecule has 0 spiro atoms. The molecule has 0 aliphatic carbocycles. The van der Waals surface area contributed by atoms with Crippen LogP contribution in [-0.4, -0.2) is 11.3 Å². The van der Waals surface area contributed by atoms with Crippen molar-refractivity contribution in [2.24, 2.45) is 0 Å². The van der Waals surface area contributed by atoms with Crippen LogP contribution in [0.2, 0.25) is 5.02 Å². The quantitative estimate of drug-likeness (QED) is 0.498. The lowest BCUT2D eigenvalue weighted by molar-refractivity contribution is 1.32. The third-order valence-corrected chi connectivity index (χ3v) is 2.41. The van der Waals surface area contributed by atoms with Crippen LogP contribution in [0.5, 0.6) is 0 Å². The van der Waals surface area contributed by atoms with Crippen molar-refractivity contribution in [3.8, 4) is 0 Å². The highest BCUT2D eigenvalue weighted by molar-refractivity contribution is 14.0. The molecule has 0 aromatic heterocycles.